The molecule has 0 aliphatic heterocycles. The van der Waals surface area contributed by atoms with Crippen molar-refractivity contribution in [3.63, 3.8) is 0 Å². The lowest BCUT2D eigenvalue weighted by atomic mass is 10.1. The van der Waals surface area contributed by atoms with Gasteiger partial charge in [0.1, 0.15) is 23.7 Å². The number of H-pyrrole nitrogens is 1. The number of nitrogens with zero attached hydrogens (tertiary/aromatic N) is 4. The van der Waals surface area contributed by atoms with Gasteiger partial charge in [0.2, 0.25) is 0 Å². The Hall–Kier alpha value is -2.21. The lowest BCUT2D eigenvalue weighted by Gasteiger charge is -2.11. The van der Waals surface area contributed by atoms with Gasteiger partial charge in [-0.25, -0.2) is 9.67 Å². The number of fused-ring (bicyclic) bond motifs is 1. The lowest BCUT2D eigenvalue weighted by molar-refractivity contribution is 0.0737. The number of aromatic nitrogens is 5. The zero-order valence-electron chi connectivity index (χ0n) is 10.8. The lowest BCUT2D eigenvalue weighted by Crippen LogP contribution is -2.15. The van der Waals surface area contributed by atoms with Gasteiger partial charge >= 0.3 is 0 Å². The number of aliphatic hydroxyl groups is 1. The Labute approximate surface area is 110 Å². The van der Waals surface area contributed by atoms with Gasteiger partial charge < -0.3 is 10.1 Å². The second-order valence-electron chi connectivity index (χ2n) is 5.06. The van der Waals surface area contributed by atoms with Crippen molar-refractivity contribution in [2.45, 2.75) is 26.0 Å². The molecule has 19 heavy (non-hydrogen) atoms. The molecule has 98 valence electrons. The van der Waals surface area contributed by atoms with Crippen LogP contribution in [0.2, 0.25) is 0 Å². The molecule has 6 nitrogen and oxygen atoms in total. The number of aromatic amines is 1. The van der Waals surface area contributed by atoms with E-state index in [1.165, 1.54) is 0 Å². The van der Waals surface area contributed by atoms with Crippen molar-refractivity contribution < 1.29 is 5.11 Å². The van der Waals surface area contributed by atoms with E-state index in [0.29, 0.717) is 12.2 Å². The molecule has 0 saturated heterocycles. The van der Waals surface area contributed by atoms with Crippen LogP contribution in [0.4, 0.5) is 0 Å². The molecular weight excluding hydrogens is 242 g/mol. The van der Waals surface area contributed by atoms with Gasteiger partial charge in [0, 0.05) is 0 Å². The maximum absolute atomic E-state index is 9.84. The van der Waals surface area contributed by atoms with Crippen molar-refractivity contribution in [1.29, 1.82) is 0 Å². The highest BCUT2D eigenvalue weighted by molar-refractivity contribution is 5.74. The van der Waals surface area contributed by atoms with Crippen molar-refractivity contribution in [1.82, 2.24) is 25.0 Å². The summed E-state index contributed by atoms with van der Waals surface area (Å²) in [4.78, 5) is 7.70. The summed E-state index contributed by atoms with van der Waals surface area (Å²) in [5, 5.41) is 17.8. The van der Waals surface area contributed by atoms with Crippen molar-refractivity contribution >= 4 is 11.0 Å². The maximum atomic E-state index is 9.84. The highest BCUT2D eigenvalue weighted by Gasteiger charge is 2.20. The Bertz CT molecular complexity index is 674. The van der Waals surface area contributed by atoms with E-state index in [9.17, 15) is 5.11 Å². The molecular formula is C13H15N5O. The average Bonchev–Trinajstić information content (AvgIpc) is 2.94. The average molecular weight is 257 g/mol. The van der Waals surface area contributed by atoms with Crippen LogP contribution in [0.1, 0.15) is 25.4 Å². The van der Waals surface area contributed by atoms with E-state index in [4.69, 9.17) is 0 Å². The molecule has 2 N–H and O–H groups in total. The molecule has 0 fully saturated rings. The maximum Gasteiger partial charge on any atom is 0.129 e. The first-order valence-corrected chi connectivity index (χ1v) is 6.09. The van der Waals surface area contributed by atoms with Gasteiger partial charge in [-0.15, -0.1) is 5.10 Å². The topological polar surface area (TPSA) is 79.6 Å². The van der Waals surface area contributed by atoms with Crippen molar-refractivity contribution in [3.8, 4) is 0 Å². The van der Waals surface area contributed by atoms with Crippen LogP contribution in [0.15, 0.2) is 30.5 Å². The van der Waals surface area contributed by atoms with Crippen LogP contribution in [0, 0.1) is 0 Å². The monoisotopic (exact) mass is 257 g/mol. The van der Waals surface area contributed by atoms with E-state index >= 15 is 0 Å². The fourth-order valence-corrected chi connectivity index (χ4v) is 1.89. The van der Waals surface area contributed by atoms with Gasteiger partial charge in [-0.3, -0.25) is 0 Å². The number of benzene rings is 1. The van der Waals surface area contributed by atoms with Gasteiger partial charge in [-0.2, -0.15) is 0 Å². The van der Waals surface area contributed by atoms with Crippen molar-refractivity contribution in [2.24, 2.45) is 0 Å². The molecule has 0 amide bonds. The van der Waals surface area contributed by atoms with Crippen molar-refractivity contribution in [2.75, 3.05) is 0 Å². The molecule has 0 unspecified atom stereocenters. The second kappa shape index (κ2) is 4.17. The number of nitrogens with one attached hydrogen (secondary N) is 1. The smallest absolute Gasteiger partial charge is 0.129 e. The first kappa shape index (κ1) is 11.9. The minimum absolute atomic E-state index is 0.498. The predicted molar refractivity (Wildman–Crippen MR) is 70.5 cm³/mol. The Morgan fingerprint density at radius 2 is 2.11 bits per heavy atom. The number of hydrogen-bond acceptors (Lipinski definition) is 4. The molecule has 0 saturated carbocycles. The largest absolute Gasteiger partial charge is 0.384 e. The third-order valence-electron chi connectivity index (χ3n) is 2.92. The van der Waals surface area contributed by atoms with Crippen LogP contribution in [0.25, 0.3) is 11.0 Å². The van der Waals surface area contributed by atoms with Crippen LogP contribution in [0.3, 0.4) is 0 Å². The van der Waals surface area contributed by atoms with Gasteiger partial charge in [0.05, 0.1) is 17.2 Å². The third-order valence-corrected chi connectivity index (χ3v) is 2.92. The molecule has 0 radical (unpaired) electrons. The van der Waals surface area contributed by atoms with Gasteiger partial charge in [-0.05, 0) is 26.0 Å². The quantitative estimate of drug-likeness (QED) is 0.744. The molecule has 3 aromatic rings. The molecule has 3 rings (SSSR count). The Kier molecular flexibility index (Phi) is 2.60. The van der Waals surface area contributed by atoms with Crippen LogP contribution in [-0.4, -0.2) is 30.1 Å². The van der Waals surface area contributed by atoms with Gasteiger partial charge in [-0.1, -0.05) is 17.3 Å². The predicted octanol–water partition coefficient (Wildman–Crippen LogP) is 1.43. The highest BCUT2D eigenvalue weighted by Crippen LogP contribution is 2.16. The Balaban J connectivity index is 1.86. The number of rotatable bonds is 3. The summed E-state index contributed by atoms with van der Waals surface area (Å²) in [6.07, 6.45) is 1.73. The molecule has 0 aliphatic carbocycles. The standard InChI is InChI=1S/C13H15N5O/c1-13(2,19)11-7-18(17-16-11)8-12-14-9-5-3-4-6-10(9)15-12/h3-7,19H,8H2,1-2H3,(H,14,15). The van der Waals surface area contributed by atoms with Crippen LogP contribution < -0.4 is 0 Å². The summed E-state index contributed by atoms with van der Waals surface area (Å²) >= 11 is 0. The first-order chi connectivity index (χ1) is 9.02. The second-order valence-corrected chi connectivity index (χ2v) is 5.06. The van der Waals surface area contributed by atoms with E-state index in [2.05, 4.69) is 20.3 Å². The summed E-state index contributed by atoms with van der Waals surface area (Å²) in [7, 11) is 0. The number of hydrogen-bond donors (Lipinski definition) is 2. The Morgan fingerprint density at radius 1 is 1.32 bits per heavy atom. The summed E-state index contributed by atoms with van der Waals surface area (Å²) in [5.74, 6) is 0.813. The highest BCUT2D eigenvalue weighted by atomic mass is 16.3. The van der Waals surface area contributed by atoms with Crippen LogP contribution in [-0.2, 0) is 12.1 Å². The molecule has 0 bridgehead atoms. The van der Waals surface area contributed by atoms with E-state index < -0.39 is 5.60 Å². The van der Waals surface area contributed by atoms with Gasteiger partial charge in [0.25, 0.3) is 0 Å². The van der Waals surface area contributed by atoms with Gasteiger partial charge in [0.15, 0.2) is 0 Å². The Morgan fingerprint density at radius 3 is 2.79 bits per heavy atom. The van der Waals surface area contributed by atoms with E-state index in [1.54, 1.807) is 24.7 Å². The van der Waals surface area contributed by atoms with Crippen LogP contribution in [0.5, 0.6) is 0 Å². The fourth-order valence-electron chi connectivity index (χ4n) is 1.89. The van der Waals surface area contributed by atoms with E-state index in [1.807, 2.05) is 24.3 Å². The summed E-state index contributed by atoms with van der Waals surface area (Å²) < 4.78 is 1.66. The summed E-state index contributed by atoms with van der Waals surface area (Å²) in [5.41, 5.74) is 1.50. The summed E-state index contributed by atoms with van der Waals surface area (Å²) in [6.45, 7) is 3.86. The van der Waals surface area contributed by atoms with E-state index in [0.717, 1.165) is 16.9 Å². The van der Waals surface area contributed by atoms with Crippen LogP contribution >= 0.6 is 0 Å². The zero-order chi connectivity index (χ0) is 13.5. The van der Waals surface area contributed by atoms with Crippen molar-refractivity contribution in [3.05, 3.63) is 42.0 Å². The molecule has 0 atom stereocenters. The molecule has 1 aromatic carbocycles. The minimum Gasteiger partial charge on any atom is -0.384 e. The first-order valence-electron chi connectivity index (χ1n) is 6.09. The summed E-state index contributed by atoms with van der Waals surface area (Å²) in [6, 6.07) is 7.86. The molecule has 0 aliphatic rings. The molecule has 0 spiro atoms. The third kappa shape index (κ3) is 2.34. The fraction of sp³-hybridized carbons (Fsp3) is 0.308. The number of para-hydroxylation sites is 2. The normalized spacial score (nSPS) is 12.2. The zero-order valence-corrected chi connectivity index (χ0v) is 10.8. The SMILES string of the molecule is CC(C)(O)c1cn(Cc2nc3ccccc3[nH]2)nn1. The van der Waals surface area contributed by atoms with E-state index in [-0.39, 0.29) is 0 Å². The minimum atomic E-state index is -0.980. The molecule has 2 aromatic heterocycles. The number of imidazole rings is 1. The molecule has 6 heteroatoms. The molecule has 2 heterocycles.